The molecule has 0 unspecified atom stereocenters. The van der Waals surface area contributed by atoms with E-state index in [1.54, 1.807) is 12.4 Å². The molecule has 0 fully saturated rings. The number of pyridine rings is 1. The van der Waals surface area contributed by atoms with Gasteiger partial charge in [0.15, 0.2) is 0 Å². The third kappa shape index (κ3) is 3.37. The Hall–Kier alpha value is -1.75. The van der Waals surface area contributed by atoms with E-state index >= 15 is 0 Å². The molecule has 0 aromatic carbocycles. The van der Waals surface area contributed by atoms with Crippen LogP contribution in [0.1, 0.15) is 33.7 Å². The molecule has 0 radical (unpaired) electrons. The first-order valence-corrected chi connectivity index (χ1v) is 6.63. The SMILES string of the molecule is CCCc1ncc(C(=O)OCc2ccccn2)s1. The number of rotatable bonds is 5. The number of nitrogens with zero attached hydrogens (tertiary/aromatic N) is 2. The normalized spacial score (nSPS) is 10.3. The number of thiazole rings is 1. The van der Waals surface area contributed by atoms with E-state index < -0.39 is 0 Å². The zero-order valence-electron chi connectivity index (χ0n) is 10.1. The van der Waals surface area contributed by atoms with Crippen LogP contribution in [-0.4, -0.2) is 15.9 Å². The molecule has 0 saturated carbocycles. The summed E-state index contributed by atoms with van der Waals surface area (Å²) < 4.78 is 5.17. The van der Waals surface area contributed by atoms with Crippen molar-refractivity contribution in [2.45, 2.75) is 26.4 Å². The van der Waals surface area contributed by atoms with Crippen LogP contribution in [0.5, 0.6) is 0 Å². The molecule has 0 aliphatic heterocycles. The first kappa shape index (κ1) is 12.7. The van der Waals surface area contributed by atoms with Gasteiger partial charge in [0, 0.05) is 6.20 Å². The predicted molar refractivity (Wildman–Crippen MR) is 69.5 cm³/mol. The van der Waals surface area contributed by atoms with Crippen LogP contribution in [0.25, 0.3) is 0 Å². The van der Waals surface area contributed by atoms with Crippen LogP contribution in [-0.2, 0) is 17.8 Å². The van der Waals surface area contributed by atoms with Crippen LogP contribution in [0, 0.1) is 0 Å². The van der Waals surface area contributed by atoms with Crippen molar-refractivity contribution in [3.05, 3.63) is 46.2 Å². The summed E-state index contributed by atoms with van der Waals surface area (Å²) in [5.41, 5.74) is 0.740. The van der Waals surface area contributed by atoms with Crippen molar-refractivity contribution in [2.24, 2.45) is 0 Å². The molecule has 18 heavy (non-hydrogen) atoms. The number of aryl methyl sites for hydroxylation is 1. The number of carbonyl (C=O) groups is 1. The lowest BCUT2D eigenvalue weighted by Gasteiger charge is -2.01. The number of hydrogen-bond donors (Lipinski definition) is 0. The first-order chi connectivity index (χ1) is 8.79. The lowest BCUT2D eigenvalue weighted by molar-refractivity contribution is 0.0473. The van der Waals surface area contributed by atoms with E-state index in [0.717, 1.165) is 23.5 Å². The lowest BCUT2D eigenvalue weighted by atomic mass is 10.4. The van der Waals surface area contributed by atoms with Crippen LogP contribution < -0.4 is 0 Å². The fraction of sp³-hybridized carbons (Fsp3) is 0.308. The molecule has 0 spiro atoms. The minimum atomic E-state index is -0.333. The van der Waals surface area contributed by atoms with Gasteiger partial charge in [0.2, 0.25) is 0 Å². The van der Waals surface area contributed by atoms with Crippen molar-refractivity contribution in [3.8, 4) is 0 Å². The largest absolute Gasteiger partial charge is 0.455 e. The average molecular weight is 262 g/mol. The van der Waals surface area contributed by atoms with Gasteiger partial charge in [-0.2, -0.15) is 0 Å². The van der Waals surface area contributed by atoms with E-state index in [4.69, 9.17) is 4.74 Å². The third-order valence-corrected chi connectivity index (χ3v) is 3.33. The van der Waals surface area contributed by atoms with Crippen molar-refractivity contribution in [1.82, 2.24) is 9.97 Å². The summed E-state index contributed by atoms with van der Waals surface area (Å²) in [4.78, 5) is 20.6. The van der Waals surface area contributed by atoms with Crippen molar-refractivity contribution < 1.29 is 9.53 Å². The number of ether oxygens (including phenoxy) is 1. The van der Waals surface area contributed by atoms with Gasteiger partial charge in [-0.3, -0.25) is 4.98 Å². The highest BCUT2D eigenvalue weighted by atomic mass is 32.1. The molecular weight excluding hydrogens is 248 g/mol. The first-order valence-electron chi connectivity index (χ1n) is 5.81. The molecule has 0 saturated heterocycles. The minimum absolute atomic E-state index is 0.195. The monoisotopic (exact) mass is 262 g/mol. The second kappa shape index (κ2) is 6.26. The summed E-state index contributed by atoms with van der Waals surface area (Å²) in [5.74, 6) is -0.333. The molecule has 0 bridgehead atoms. The Morgan fingerprint density at radius 1 is 1.39 bits per heavy atom. The van der Waals surface area contributed by atoms with Gasteiger partial charge in [-0.15, -0.1) is 11.3 Å². The fourth-order valence-corrected chi connectivity index (χ4v) is 2.34. The number of esters is 1. The Labute approximate surface area is 110 Å². The number of hydrogen-bond acceptors (Lipinski definition) is 5. The van der Waals surface area contributed by atoms with Gasteiger partial charge < -0.3 is 4.74 Å². The number of carbonyl (C=O) groups excluding carboxylic acids is 1. The second-order valence-corrected chi connectivity index (χ2v) is 4.88. The summed E-state index contributed by atoms with van der Waals surface area (Å²) in [6, 6.07) is 5.51. The van der Waals surface area contributed by atoms with E-state index in [0.29, 0.717) is 4.88 Å². The average Bonchev–Trinajstić information content (AvgIpc) is 2.86. The summed E-state index contributed by atoms with van der Waals surface area (Å²) >= 11 is 1.39. The standard InChI is InChI=1S/C13H14N2O2S/c1-2-5-12-15-8-11(18-12)13(16)17-9-10-6-3-4-7-14-10/h3-4,6-8H,2,5,9H2,1H3. The molecule has 2 aromatic rings. The molecule has 0 aliphatic carbocycles. The molecule has 2 aromatic heterocycles. The van der Waals surface area contributed by atoms with Gasteiger partial charge in [0.05, 0.1) is 16.9 Å². The van der Waals surface area contributed by atoms with E-state index in [1.165, 1.54) is 11.3 Å². The van der Waals surface area contributed by atoms with Gasteiger partial charge in [0.25, 0.3) is 0 Å². The minimum Gasteiger partial charge on any atom is -0.455 e. The van der Waals surface area contributed by atoms with Crippen LogP contribution in [0.4, 0.5) is 0 Å². The van der Waals surface area contributed by atoms with E-state index in [2.05, 4.69) is 16.9 Å². The zero-order valence-corrected chi connectivity index (χ0v) is 10.9. The molecule has 94 valence electrons. The van der Waals surface area contributed by atoms with E-state index in [1.807, 2.05) is 18.2 Å². The smallest absolute Gasteiger partial charge is 0.350 e. The van der Waals surface area contributed by atoms with Crippen molar-refractivity contribution in [3.63, 3.8) is 0 Å². The Morgan fingerprint density at radius 2 is 2.28 bits per heavy atom. The highest BCUT2D eigenvalue weighted by Crippen LogP contribution is 2.16. The molecule has 0 N–H and O–H groups in total. The summed E-state index contributed by atoms with van der Waals surface area (Å²) in [5, 5.41) is 0.974. The van der Waals surface area contributed by atoms with Crippen molar-refractivity contribution in [1.29, 1.82) is 0 Å². The lowest BCUT2D eigenvalue weighted by Crippen LogP contribution is -2.04. The highest BCUT2D eigenvalue weighted by Gasteiger charge is 2.11. The quantitative estimate of drug-likeness (QED) is 0.777. The third-order valence-electron chi connectivity index (χ3n) is 2.30. The van der Waals surface area contributed by atoms with Gasteiger partial charge in [-0.1, -0.05) is 13.0 Å². The van der Waals surface area contributed by atoms with Crippen LogP contribution in [0.2, 0.25) is 0 Å². The fourth-order valence-electron chi connectivity index (χ4n) is 1.43. The summed E-state index contributed by atoms with van der Waals surface area (Å²) in [7, 11) is 0. The topological polar surface area (TPSA) is 52.1 Å². The van der Waals surface area contributed by atoms with Crippen LogP contribution in [0.3, 0.4) is 0 Å². The molecule has 2 rings (SSSR count). The summed E-state index contributed by atoms with van der Waals surface area (Å²) in [6.45, 7) is 2.28. The van der Waals surface area contributed by atoms with Crippen molar-refractivity contribution >= 4 is 17.3 Å². The Bertz CT molecular complexity index is 511. The van der Waals surface area contributed by atoms with Crippen LogP contribution >= 0.6 is 11.3 Å². The predicted octanol–water partition coefficient (Wildman–Crippen LogP) is 2.85. The maximum Gasteiger partial charge on any atom is 0.350 e. The van der Waals surface area contributed by atoms with Gasteiger partial charge in [-0.05, 0) is 25.0 Å². The van der Waals surface area contributed by atoms with Crippen molar-refractivity contribution in [2.75, 3.05) is 0 Å². The van der Waals surface area contributed by atoms with E-state index in [9.17, 15) is 4.79 Å². The molecular formula is C13H14N2O2S. The molecule has 4 nitrogen and oxygen atoms in total. The van der Waals surface area contributed by atoms with Gasteiger partial charge in [0.1, 0.15) is 11.5 Å². The van der Waals surface area contributed by atoms with Gasteiger partial charge in [-0.25, -0.2) is 9.78 Å². The zero-order chi connectivity index (χ0) is 12.8. The maximum absolute atomic E-state index is 11.8. The maximum atomic E-state index is 11.8. The molecule has 5 heteroatoms. The van der Waals surface area contributed by atoms with Gasteiger partial charge >= 0.3 is 5.97 Å². The Kier molecular flexibility index (Phi) is 4.41. The number of aromatic nitrogens is 2. The Morgan fingerprint density at radius 3 is 3.00 bits per heavy atom. The second-order valence-electron chi connectivity index (χ2n) is 3.77. The molecule has 0 atom stereocenters. The molecule has 2 heterocycles. The molecule has 0 aliphatic rings. The summed E-state index contributed by atoms with van der Waals surface area (Å²) in [6.07, 6.45) is 5.18. The Balaban J connectivity index is 1.91. The highest BCUT2D eigenvalue weighted by molar-refractivity contribution is 7.13. The van der Waals surface area contributed by atoms with Crippen LogP contribution in [0.15, 0.2) is 30.6 Å². The van der Waals surface area contributed by atoms with E-state index in [-0.39, 0.29) is 12.6 Å². The molecule has 0 amide bonds.